The summed E-state index contributed by atoms with van der Waals surface area (Å²) in [7, 11) is 0. The number of rotatable bonds is 1. The molecule has 2 rings (SSSR count). The zero-order chi connectivity index (χ0) is 12.7. The lowest BCUT2D eigenvalue weighted by Crippen LogP contribution is -1.88. The maximum Gasteiger partial charge on any atom is 0.159 e. The average Bonchev–Trinajstić information content (AvgIpc) is 2.30. The SMILES string of the molecule is CC(=O)c1ccccc1.Oc1cccc(O)c1. The fourth-order valence-electron chi connectivity index (χ4n) is 1.17. The van der Waals surface area contributed by atoms with Crippen LogP contribution in [0.25, 0.3) is 0 Å². The van der Waals surface area contributed by atoms with Gasteiger partial charge in [-0.25, -0.2) is 0 Å². The smallest absolute Gasteiger partial charge is 0.159 e. The van der Waals surface area contributed by atoms with Crippen LogP contribution in [0.15, 0.2) is 54.6 Å². The maximum absolute atomic E-state index is 10.6. The molecule has 0 heterocycles. The van der Waals surface area contributed by atoms with E-state index in [1.807, 2.05) is 30.3 Å². The molecule has 0 aromatic heterocycles. The lowest BCUT2D eigenvalue weighted by Gasteiger charge is -1.89. The van der Waals surface area contributed by atoms with Crippen LogP contribution in [0.3, 0.4) is 0 Å². The van der Waals surface area contributed by atoms with Crippen molar-refractivity contribution >= 4 is 5.78 Å². The fourth-order valence-corrected chi connectivity index (χ4v) is 1.17. The van der Waals surface area contributed by atoms with E-state index in [0.29, 0.717) is 0 Å². The van der Waals surface area contributed by atoms with E-state index in [0.717, 1.165) is 5.56 Å². The molecule has 3 heteroatoms. The van der Waals surface area contributed by atoms with Crippen LogP contribution in [-0.2, 0) is 0 Å². The van der Waals surface area contributed by atoms with Gasteiger partial charge in [0, 0.05) is 11.6 Å². The number of carbonyl (C=O) groups is 1. The third kappa shape index (κ3) is 4.84. The molecule has 0 radical (unpaired) electrons. The van der Waals surface area contributed by atoms with E-state index in [9.17, 15) is 4.79 Å². The third-order valence-corrected chi connectivity index (χ3v) is 2.01. The van der Waals surface area contributed by atoms with Gasteiger partial charge in [-0.05, 0) is 19.1 Å². The van der Waals surface area contributed by atoms with Crippen LogP contribution in [0.2, 0.25) is 0 Å². The van der Waals surface area contributed by atoms with Crippen LogP contribution >= 0.6 is 0 Å². The van der Waals surface area contributed by atoms with Gasteiger partial charge in [-0.15, -0.1) is 0 Å². The van der Waals surface area contributed by atoms with Crippen molar-refractivity contribution in [3.63, 3.8) is 0 Å². The van der Waals surface area contributed by atoms with Crippen molar-refractivity contribution < 1.29 is 15.0 Å². The first-order valence-electron chi connectivity index (χ1n) is 5.13. The van der Waals surface area contributed by atoms with Crippen LogP contribution in [-0.4, -0.2) is 16.0 Å². The predicted molar refractivity (Wildman–Crippen MR) is 66.2 cm³/mol. The summed E-state index contributed by atoms with van der Waals surface area (Å²) in [6.45, 7) is 1.56. The van der Waals surface area contributed by atoms with E-state index in [2.05, 4.69) is 0 Å². The monoisotopic (exact) mass is 230 g/mol. The molecule has 0 amide bonds. The van der Waals surface area contributed by atoms with Gasteiger partial charge in [-0.3, -0.25) is 4.79 Å². The van der Waals surface area contributed by atoms with Crippen LogP contribution in [0.5, 0.6) is 11.5 Å². The molecule has 17 heavy (non-hydrogen) atoms. The van der Waals surface area contributed by atoms with Gasteiger partial charge in [0.1, 0.15) is 11.5 Å². The van der Waals surface area contributed by atoms with E-state index in [1.165, 1.54) is 18.2 Å². The van der Waals surface area contributed by atoms with Crippen molar-refractivity contribution in [2.45, 2.75) is 6.92 Å². The Bertz CT molecular complexity index is 461. The Morgan fingerprint density at radius 2 is 1.41 bits per heavy atom. The Morgan fingerprint density at radius 1 is 0.882 bits per heavy atom. The number of phenols is 2. The third-order valence-electron chi connectivity index (χ3n) is 2.01. The first-order chi connectivity index (χ1) is 8.09. The molecule has 2 aromatic carbocycles. The van der Waals surface area contributed by atoms with E-state index in [4.69, 9.17) is 10.2 Å². The molecule has 0 unspecified atom stereocenters. The van der Waals surface area contributed by atoms with E-state index < -0.39 is 0 Å². The van der Waals surface area contributed by atoms with Crippen molar-refractivity contribution in [1.82, 2.24) is 0 Å². The highest BCUT2D eigenvalue weighted by molar-refractivity contribution is 5.93. The second-order valence-corrected chi connectivity index (χ2v) is 3.44. The number of ketones is 1. The maximum atomic E-state index is 10.6. The Labute approximate surface area is 100.0 Å². The van der Waals surface area contributed by atoms with Crippen molar-refractivity contribution in [2.24, 2.45) is 0 Å². The van der Waals surface area contributed by atoms with E-state index in [1.54, 1.807) is 13.0 Å². The Hall–Kier alpha value is -2.29. The van der Waals surface area contributed by atoms with E-state index in [-0.39, 0.29) is 17.3 Å². The quantitative estimate of drug-likeness (QED) is 0.740. The molecular weight excluding hydrogens is 216 g/mol. The Kier molecular flexibility index (Phi) is 4.76. The topological polar surface area (TPSA) is 57.5 Å². The van der Waals surface area contributed by atoms with Gasteiger partial charge in [-0.1, -0.05) is 36.4 Å². The highest BCUT2D eigenvalue weighted by Gasteiger charge is 1.92. The molecule has 0 aliphatic rings. The molecule has 0 aliphatic heterocycles. The minimum absolute atomic E-state index is 0.0880. The summed E-state index contributed by atoms with van der Waals surface area (Å²) in [5.74, 6) is 0.297. The van der Waals surface area contributed by atoms with E-state index >= 15 is 0 Å². The lowest BCUT2D eigenvalue weighted by atomic mass is 10.2. The summed E-state index contributed by atoms with van der Waals surface area (Å²) in [5.41, 5.74) is 0.775. The largest absolute Gasteiger partial charge is 0.508 e. The molecule has 0 atom stereocenters. The summed E-state index contributed by atoms with van der Waals surface area (Å²) in [4.78, 5) is 10.6. The molecule has 2 aromatic rings. The van der Waals surface area contributed by atoms with Crippen molar-refractivity contribution in [3.05, 3.63) is 60.2 Å². The first kappa shape index (κ1) is 12.8. The average molecular weight is 230 g/mol. The Morgan fingerprint density at radius 3 is 1.71 bits per heavy atom. The van der Waals surface area contributed by atoms with Crippen LogP contribution in [0, 0.1) is 0 Å². The van der Waals surface area contributed by atoms with Crippen LogP contribution < -0.4 is 0 Å². The fraction of sp³-hybridized carbons (Fsp3) is 0.0714. The van der Waals surface area contributed by atoms with Gasteiger partial charge < -0.3 is 10.2 Å². The molecule has 0 bridgehead atoms. The predicted octanol–water partition coefficient (Wildman–Crippen LogP) is 2.99. The van der Waals surface area contributed by atoms with Gasteiger partial charge in [0.2, 0.25) is 0 Å². The molecule has 0 fully saturated rings. The lowest BCUT2D eigenvalue weighted by molar-refractivity contribution is 0.101. The number of Topliss-reactive ketones (excluding diaryl/α,β-unsaturated/α-hetero) is 1. The normalized spacial score (nSPS) is 9.00. The molecule has 0 saturated carbocycles. The summed E-state index contributed by atoms with van der Waals surface area (Å²) in [5, 5.41) is 17.3. The number of hydrogen-bond acceptors (Lipinski definition) is 3. The second-order valence-electron chi connectivity index (χ2n) is 3.44. The highest BCUT2D eigenvalue weighted by atomic mass is 16.3. The van der Waals surface area contributed by atoms with Gasteiger partial charge in [0.15, 0.2) is 5.78 Å². The number of aromatic hydroxyl groups is 2. The van der Waals surface area contributed by atoms with Gasteiger partial charge in [-0.2, -0.15) is 0 Å². The zero-order valence-electron chi connectivity index (χ0n) is 9.50. The number of carbonyl (C=O) groups excluding carboxylic acids is 1. The minimum Gasteiger partial charge on any atom is -0.508 e. The molecule has 88 valence electrons. The highest BCUT2D eigenvalue weighted by Crippen LogP contribution is 2.14. The first-order valence-corrected chi connectivity index (χ1v) is 5.13. The number of benzene rings is 2. The standard InChI is InChI=1S/C8H8O.C6H6O2/c1-7(9)8-5-3-2-4-6-8;7-5-2-1-3-6(8)4-5/h2-6H,1H3;1-4,7-8H. The molecule has 0 saturated heterocycles. The van der Waals surface area contributed by atoms with Crippen molar-refractivity contribution in [2.75, 3.05) is 0 Å². The number of hydrogen-bond donors (Lipinski definition) is 2. The second kappa shape index (κ2) is 6.33. The van der Waals surface area contributed by atoms with Gasteiger partial charge in [0.05, 0.1) is 0 Å². The summed E-state index contributed by atoms with van der Waals surface area (Å²) >= 11 is 0. The van der Waals surface area contributed by atoms with Crippen molar-refractivity contribution in [1.29, 1.82) is 0 Å². The van der Waals surface area contributed by atoms with Crippen LogP contribution in [0.1, 0.15) is 17.3 Å². The zero-order valence-corrected chi connectivity index (χ0v) is 9.50. The van der Waals surface area contributed by atoms with Gasteiger partial charge >= 0.3 is 0 Å². The molecular formula is C14H14O3. The minimum atomic E-state index is 0.0880. The molecule has 3 nitrogen and oxygen atoms in total. The molecule has 2 N–H and O–H groups in total. The summed E-state index contributed by atoms with van der Waals surface area (Å²) in [6, 6.07) is 15.1. The molecule has 0 spiro atoms. The van der Waals surface area contributed by atoms with Crippen LogP contribution in [0.4, 0.5) is 0 Å². The number of phenolic OH excluding ortho intramolecular Hbond substituents is 2. The van der Waals surface area contributed by atoms with Crippen molar-refractivity contribution in [3.8, 4) is 11.5 Å². The molecule has 0 aliphatic carbocycles. The Balaban J connectivity index is 0.000000171. The van der Waals surface area contributed by atoms with Gasteiger partial charge in [0.25, 0.3) is 0 Å². The summed E-state index contributed by atoms with van der Waals surface area (Å²) in [6.07, 6.45) is 0. The summed E-state index contributed by atoms with van der Waals surface area (Å²) < 4.78 is 0.